The van der Waals surface area contributed by atoms with Gasteiger partial charge in [-0.3, -0.25) is 4.98 Å². The van der Waals surface area contributed by atoms with Crippen LogP contribution in [0.4, 0.5) is 0 Å². The van der Waals surface area contributed by atoms with E-state index in [2.05, 4.69) is 15.0 Å². The Balaban J connectivity index is 2.46. The lowest BCUT2D eigenvalue weighted by atomic mass is 10.3. The van der Waals surface area contributed by atoms with E-state index in [1.807, 2.05) is 12.1 Å². The van der Waals surface area contributed by atoms with Crippen molar-refractivity contribution in [2.75, 3.05) is 0 Å². The minimum atomic E-state index is 0.859. The first kappa shape index (κ1) is 6.09. The molecule has 3 nitrogen and oxygen atoms in total. The van der Waals surface area contributed by atoms with Crippen molar-refractivity contribution < 1.29 is 0 Å². The van der Waals surface area contributed by atoms with Crippen LogP contribution in [-0.4, -0.2) is 15.0 Å². The van der Waals surface area contributed by atoms with Crippen molar-refractivity contribution in [3.8, 4) is 11.4 Å². The molecule has 0 amide bonds. The molecule has 2 rings (SSSR count). The summed E-state index contributed by atoms with van der Waals surface area (Å²) in [7, 11) is 0. The van der Waals surface area contributed by atoms with Crippen molar-refractivity contribution in [2.24, 2.45) is 0 Å². The standard InChI is InChI=1S/C8H7N3/c1-2-7(6-9-3-1)8-10-4-5-11-8/h1-6H,(H,10,11). The van der Waals surface area contributed by atoms with Crippen LogP contribution in [-0.2, 0) is 0 Å². The Kier molecular flexibility index (Phi) is 1.41. The van der Waals surface area contributed by atoms with E-state index in [4.69, 9.17) is 0 Å². The van der Waals surface area contributed by atoms with Crippen LogP contribution < -0.4 is 0 Å². The van der Waals surface area contributed by atoms with Crippen LogP contribution in [0.3, 0.4) is 0 Å². The summed E-state index contributed by atoms with van der Waals surface area (Å²) >= 11 is 0. The first-order valence-electron chi connectivity index (χ1n) is 3.36. The Morgan fingerprint density at radius 3 is 2.91 bits per heavy atom. The topological polar surface area (TPSA) is 41.6 Å². The van der Waals surface area contributed by atoms with Crippen molar-refractivity contribution >= 4 is 0 Å². The number of pyridine rings is 1. The van der Waals surface area contributed by atoms with Gasteiger partial charge in [-0.2, -0.15) is 0 Å². The number of H-pyrrole nitrogens is 1. The minimum absolute atomic E-state index is 0.859. The second-order valence-corrected chi connectivity index (χ2v) is 2.18. The van der Waals surface area contributed by atoms with Gasteiger partial charge in [-0.15, -0.1) is 0 Å². The van der Waals surface area contributed by atoms with Gasteiger partial charge in [-0.1, -0.05) is 0 Å². The fourth-order valence-electron chi connectivity index (χ4n) is 0.926. The quantitative estimate of drug-likeness (QED) is 0.660. The average molecular weight is 145 g/mol. The number of hydrogen-bond acceptors (Lipinski definition) is 2. The number of imidazole rings is 1. The molecule has 54 valence electrons. The molecule has 0 aromatic carbocycles. The van der Waals surface area contributed by atoms with Crippen LogP contribution in [0.5, 0.6) is 0 Å². The van der Waals surface area contributed by atoms with Crippen molar-refractivity contribution in [3.63, 3.8) is 0 Å². The number of hydrogen-bond donors (Lipinski definition) is 1. The molecule has 0 fully saturated rings. The zero-order valence-electron chi connectivity index (χ0n) is 5.86. The molecular formula is C8H7N3. The molecule has 0 bridgehead atoms. The maximum atomic E-state index is 4.09. The second kappa shape index (κ2) is 2.54. The fraction of sp³-hybridized carbons (Fsp3) is 0. The number of aromatic nitrogens is 3. The first-order valence-corrected chi connectivity index (χ1v) is 3.36. The lowest BCUT2D eigenvalue weighted by Crippen LogP contribution is -1.79. The van der Waals surface area contributed by atoms with Gasteiger partial charge in [-0.25, -0.2) is 4.98 Å². The zero-order chi connectivity index (χ0) is 7.52. The number of nitrogens with zero attached hydrogens (tertiary/aromatic N) is 2. The van der Waals surface area contributed by atoms with Gasteiger partial charge in [0.15, 0.2) is 0 Å². The third-order valence-electron chi connectivity index (χ3n) is 1.43. The monoisotopic (exact) mass is 145 g/mol. The Labute approximate surface area is 64.1 Å². The summed E-state index contributed by atoms with van der Waals surface area (Å²) in [5.41, 5.74) is 1.01. The molecule has 0 radical (unpaired) electrons. The van der Waals surface area contributed by atoms with Crippen LogP contribution in [0.15, 0.2) is 36.9 Å². The van der Waals surface area contributed by atoms with Gasteiger partial charge in [0.2, 0.25) is 0 Å². The minimum Gasteiger partial charge on any atom is -0.345 e. The highest BCUT2D eigenvalue weighted by Crippen LogP contribution is 2.10. The van der Waals surface area contributed by atoms with Crippen LogP contribution in [0.25, 0.3) is 11.4 Å². The Morgan fingerprint density at radius 2 is 2.27 bits per heavy atom. The molecule has 0 aliphatic carbocycles. The summed E-state index contributed by atoms with van der Waals surface area (Å²) < 4.78 is 0. The first-order chi connectivity index (χ1) is 5.47. The normalized spacial score (nSPS) is 9.82. The van der Waals surface area contributed by atoms with Gasteiger partial charge in [0.05, 0.1) is 0 Å². The predicted octanol–water partition coefficient (Wildman–Crippen LogP) is 1.47. The molecule has 0 saturated heterocycles. The number of aromatic amines is 1. The zero-order valence-corrected chi connectivity index (χ0v) is 5.86. The molecule has 0 spiro atoms. The van der Waals surface area contributed by atoms with E-state index >= 15 is 0 Å². The van der Waals surface area contributed by atoms with E-state index in [-0.39, 0.29) is 0 Å². The maximum Gasteiger partial charge on any atom is 0.138 e. The molecule has 2 aromatic heterocycles. The van der Waals surface area contributed by atoms with Crippen LogP contribution in [0.1, 0.15) is 0 Å². The number of rotatable bonds is 1. The molecule has 1 N–H and O–H groups in total. The van der Waals surface area contributed by atoms with Crippen molar-refractivity contribution in [1.82, 2.24) is 15.0 Å². The summed E-state index contributed by atoms with van der Waals surface area (Å²) in [5, 5.41) is 0. The SMILES string of the molecule is c1cncc(-c2ncc[nH]2)c1. The third-order valence-corrected chi connectivity index (χ3v) is 1.43. The maximum absolute atomic E-state index is 4.09. The molecule has 11 heavy (non-hydrogen) atoms. The third kappa shape index (κ3) is 1.12. The predicted molar refractivity (Wildman–Crippen MR) is 41.8 cm³/mol. The van der Waals surface area contributed by atoms with Crippen LogP contribution in [0, 0.1) is 0 Å². The molecule has 0 atom stereocenters. The number of nitrogens with one attached hydrogen (secondary N) is 1. The highest BCUT2D eigenvalue weighted by molar-refractivity contribution is 5.52. The average Bonchev–Trinajstić information content (AvgIpc) is 2.58. The summed E-state index contributed by atoms with van der Waals surface area (Å²) in [6.45, 7) is 0. The smallest absolute Gasteiger partial charge is 0.138 e. The fourth-order valence-corrected chi connectivity index (χ4v) is 0.926. The van der Waals surface area contributed by atoms with E-state index in [1.54, 1.807) is 24.8 Å². The van der Waals surface area contributed by atoms with E-state index in [1.165, 1.54) is 0 Å². The summed E-state index contributed by atoms with van der Waals surface area (Å²) in [6, 6.07) is 3.85. The van der Waals surface area contributed by atoms with Gasteiger partial charge in [0, 0.05) is 30.4 Å². The Bertz CT molecular complexity index is 312. The summed E-state index contributed by atoms with van der Waals surface area (Å²) in [5.74, 6) is 0.859. The highest BCUT2D eigenvalue weighted by atomic mass is 14.9. The molecule has 2 aromatic rings. The van der Waals surface area contributed by atoms with E-state index in [0.29, 0.717) is 0 Å². The summed E-state index contributed by atoms with van der Waals surface area (Å²) in [6.07, 6.45) is 7.04. The molecule has 0 aliphatic heterocycles. The molecule has 0 aliphatic rings. The second-order valence-electron chi connectivity index (χ2n) is 2.18. The van der Waals surface area contributed by atoms with Crippen molar-refractivity contribution in [1.29, 1.82) is 0 Å². The van der Waals surface area contributed by atoms with Crippen molar-refractivity contribution in [3.05, 3.63) is 36.9 Å². The lowest BCUT2D eigenvalue weighted by Gasteiger charge is -1.92. The molecule has 2 heterocycles. The molecule has 0 unspecified atom stereocenters. The highest BCUT2D eigenvalue weighted by Gasteiger charge is 1.95. The summed E-state index contributed by atoms with van der Waals surface area (Å²) in [4.78, 5) is 11.1. The molecular weight excluding hydrogens is 138 g/mol. The Hall–Kier alpha value is -1.64. The lowest BCUT2D eigenvalue weighted by molar-refractivity contribution is 1.26. The van der Waals surface area contributed by atoms with Gasteiger partial charge in [0.25, 0.3) is 0 Å². The van der Waals surface area contributed by atoms with Gasteiger partial charge in [0.1, 0.15) is 5.82 Å². The van der Waals surface area contributed by atoms with E-state index in [9.17, 15) is 0 Å². The Morgan fingerprint density at radius 1 is 1.27 bits per heavy atom. The van der Waals surface area contributed by atoms with Gasteiger partial charge in [-0.05, 0) is 12.1 Å². The largest absolute Gasteiger partial charge is 0.345 e. The van der Waals surface area contributed by atoms with Crippen LogP contribution in [0.2, 0.25) is 0 Å². The van der Waals surface area contributed by atoms with E-state index < -0.39 is 0 Å². The van der Waals surface area contributed by atoms with Gasteiger partial charge >= 0.3 is 0 Å². The van der Waals surface area contributed by atoms with Crippen molar-refractivity contribution in [2.45, 2.75) is 0 Å². The molecule has 0 saturated carbocycles. The van der Waals surface area contributed by atoms with Crippen LogP contribution >= 0.6 is 0 Å². The molecule has 3 heteroatoms. The van der Waals surface area contributed by atoms with E-state index in [0.717, 1.165) is 11.4 Å². The van der Waals surface area contributed by atoms with Gasteiger partial charge < -0.3 is 4.98 Å².